The molecule has 3 N–H and O–H groups in total. The highest BCUT2D eigenvalue weighted by Crippen LogP contribution is 2.00. The molecule has 0 saturated carbocycles. The van der Waals surface area contributed by atoms with E-state index in [0.29, 0.717) is 6.04 Å². The summed E-state index contributed by atoms with van der Waals surface area (Å²) in [4.78, 5) is 0. The van der Waals surface area contributed by atoms with Crippen molar-refractivity contribution in [1.29, 1.82) is 0 Å². The summed E-state index contributed by atoms with van der Waals surface area (Å²) in [6.07, 6.45) is 2.63. The van der Waals surface area contributed by atoms with E-state index in [1.807, 2.05) is 12.1 Å². The van der Waals surface area contributed by atoms with Crippen LogP contribution in [0, 0.1) is 0 Å². The van der Waals surface area contributed by atoms with Crippen molar-refractivity contribution < 1.29 is 10.2 Å². The van der Waals surface area contributed by atoms with Crippen LogP contribution in [-0.4, -0.2) is 6.04 Å². The van der Waals surface area contributed by atoms with E-state index >= 15 is 0 Å². The lowest BCUT2D eigenvalue weighted by Crippen LogP contribution is -2.60. The third-order valence-electron chi connectivity index (χ3n) is 1.13. The molecule has 0 bridgehead atoms. The molecule has 0 aliphatic rings. The Bertz CT molecular complexity index is 155. The standard InChI is InChI=1S/C7H11NO/c1-6(8)5-7-3-2-4-9-7/h2-4,6H,5,8H2,1H3/p+1/t6-/m0/s1. The molecular weight excluding hydrogens is 114 g/mol. The van der Waals surface area contributed by atoms with Crippen LogP contribution >= 0.6 is 0 Å². The summed E-state index contributed by atoms with van der Waals surface area (Å²) >= 11 is 0. The van der Waals surface area contributed by atoms with Crippen LogP contribution in [0.3, 0.4) is 0 Å². The van der Waals surface area contributed by atoms with Gasteiger partial charge >= 0.3 is 0 Å². The molecule has 1 atom stereocenters. The van der Waals surface area contributed by atoms with Gasteiger partial charge in [-0.25, -0.2) is 0 Å². The molecular formula is C7H12NO+. The van der Waals surface area contributed by atoms with Crippen molar-refractivity contribution in [1.82, 2.24) is 0 Å². The van der Waals surface area contributed by atoms with Gasteiger partial charge in [0.1, 0.15) is 5.76 Å². The second kappa shape index (κ2) is 2.69. The third kappa shape index (κ3) is 1.90. The summed E-state index contributed by atoms with van der Waals surface area (Å²) < 4.78 is 5.10. The fourth-order valence-electron chi connectivity index (χ4n) is 0.772. The van der Waals surface area contributed by atoms with Gasteiger partial charge < -0.3 is 10.2 Å². The molecule has 0 aliphatic carbocycles. The number of hydrogen-bond acceptors (Lipinski definition) is 1. The van der Waals surface area contributed by atoms with Crippen LogP contribution in [0.2, 0.25) is 0 Å². The lowest BCUT2D eigenvalue weighted by molar-refractivity contribution is -0.413. The average Bonchev–Trinajstić information content (AvgIpc) is 2.15. The van der Waals surface area contributed by atoms with Gasteiger partial charge in [-0.2, -0.15) is 0 Å². The van der Waals surface area contributed by atoms with Gasteiger partial charge in [0, 0.05) is 0 Å². The highest BCUT2D eigenvalue weighted by atomic mass is 16.3. The van der Waals surface area contributed by atoms with E-state index in [2.05, 4.69) is 12.7 Å². The zero-order valence-electron chi connectivity index (χ0n) is 5.63. The largest absolute Gasteiger partial charge is 0.469 e. The first-order chi connectivity index (χ1) is 4.29. The molecule has 2 heteroatoms. The molecule has 2 nitrogen and oxygen atoms in total. The molecule has 9 heavy (non-hydrogen) atoms. The Morgan fingerprint density at radius 2 is 2.56 bits per heavy atom. The predicted molar refractivity (Wildman–Crippen MR) is 34.8 cm³/mol. The maximum Gasteiger partial charge on any atom is 0.109 e. The topological polar surface area (TPSA) is 40.8 Å². The van der Waals surface area contributed by atoms with E-state index in [4.69, 9.17) is 4.42 Å². The molecule has 0 amide bonds. The Hall–Kier alpha value is -0.760. The minimum Gasteiger partial charge on any atom is -0.469 e. The van der Waals surface area contributed by atoms with Crippen LogP contribution in [0.25, 0.3) is 0 Å². The van der Waals surface area contributed by atoms with Crippen LogP contribution in [0.1, 0.15) is 12.7 Å². The third-order valence-corrected chi connectivity index (χ3v) is 1.13. The smallest absolute Gasteiger partial charge is 0.109 e. The molecule has 0 spiro atoms. The molecule has 1 aromatic heterocycles. The molecule has 50 valence electrons. The van der Waals surface area contributed by atoms with E-state index in [9.17, 15) is 0 Å². The summed E-state index contributed by atoms with van der Waals surface area (Å²) in [6.45, 7) is 2.07. The molecule has 0 unspecified atom stereocenters. The fourth-order valence-corrected chi connectivity index (χ4v) is 0.772. The van der Waals surface area contributed by atoms with Crippen molar-refractivity contribution in [3.05, 3.63) is 24.2 Å². The Balaban J connectivity index is 2.48. The molecule has 0 radical (unpaired) electrons. The Kier molecular flexibility index (Phi) is 1.90. The van der Waals surface area contributed by atoms with Gasteiger partial charge in [0.05, 0.1) is 18.7 Å². The van der Waals surface area contributed by atoms with Crippen LogP contribution < -0.4 is 5.73 Å². The fraction of sp³-hybridized carbons (Fsp3) is 0.429. The number of furan rings is 1. The van der Waals surface area contributed by atoms with Crippen molar-refractivity contribution >= 4 is 0 Å². The van der Waals surface area contributed by atoms with Gasteiger partial charge in [-0.1, -0.05) is 0 Å². The van der Waals surface area contributed by atoms with Crippen molar-refractivity contribution in [2.45, 2.75) is 19.4 Å². The first-order valence-electron chi connectivity index (χ1n) is 3.14. The quantitative estimate of drug-likeness (QED) is 0.614. The van der Waals surface area contributed by atoms with Crippen LogP contribution in [-0.2, 0) is 6.42 Å². The molecule has 0 aliphatic heterocycles. The molecule has 0 aromatic carbocycles. The van der Waals surface area contributed by atoms with Gasteiger partial charge in [-0.3, -0.25) is 0 Å². The van der Waals surface area contributed by atoms with Crippen molar-refractivity contribution in [3.8, 4) is 0 Å². The van der Waals surface area contributed by atoms with E-state index in [0.717, 1.165) is 12.2 Å². The SMILES string of the molecule is C[C@H]([NH3+])Cc1ccco1. The van der Waals surface area contributed by atoms with E-state index in [1.54, 1.807) is 6.26 Å². The normalized spacial score (nSPS) is 13.6. The Morgan fingerprint density at radius 1 is 1.78 bits per heavy atom. The van der Waals surface area contributed by atoms with Crippen molar-refractivity contribution in [2.24, 2.45) is 0 Å². The second-order valence-electron chi connectivity index (χ2n) is 2.39. The van der Waals surface area contributed by atoms with Crippen molar-refractivity contribution in [3.63, 3.8) is 0 Å². The zero-order valence-corrected chi connectivity index (χ0v) is 5.63. The maximum atomic E-state index is 5.10. The summed E-state index contributed by atoms with van der Waals surface area (Å²) in [5.41, 5.74) is 3.85. The zero-order chi connectivity index (χ0) is 6.69. The minimum absolute atomic E-state index is 0.441. The summed E-state index contributed by atoms with van der Waals surface area (Å²) in [6, 6.07) is 4.32. The summed E-state index contributed by atoms with van der Waals surface area (Å²) in [5.74, 6) is 1.03. The van der Waals surface area contributed by atoms with Gasteiger partial charge in [-0.05, 0) is 19.1 Å². The maximum absolute atomic E-state index is 5.10. The first kappa shape index (κ1) is 6.36. The van der Waals surface area contributed by atoms with Gasteiger partial charge in [0.2, 0.25) is 0 Å². The Morgan fingerprint density at radius 3 is 3.00 bits per heavy atom. The van der Waals surface area contributed by atoms with Crippen molar-refractivity contribution in [2.75, 3.05) is 0 Å². The van der Waals surface area contributed by atoms with Gasteiger partial charge in [-0.15, -0.1) is 0 Å². The summed E-state index contributed by atoms with van der Waals surface area (Å²) in [5, 5.41) is 0. The average molecular weight is 126 g/mol. The highest BCUT2D eigenvalue weighted by molar-refractivity contribution is 4.98. The molecule has 1 heterocycles. The van der Waals surface area contributed by atoms with E-state index in [-0.39, 0.29) is 0 Å². The Labute approximate surface area is 54.7 Å². The lowest BCUT2D eigenvalue weighted by Gasteiger charge is -1.95. The molecule has 1 rings (SSSR count). The first-order valence-corrected chi connectivity index (χ1v) is 3.14. The molecule has 0 saturated heterocycles. The summed E-state index contributed by atoms with van der Waals surface area (Å²) in [7, 11) is 0. The molecule has 0 fully saturated rings. The second-order valence-corrected chi connectivity index (χ2v) is 2.39. The van der Waals surface area contributed by atoms with Crippen LogP contribution in [0.4, 0.5) is 0 Å². The van der Waals surface area contributed by atoms with Crippen LogP contribution in [0.15, 0.2) is 22.8 Å². The number of quaternary nitrogens is 1. The van der Waals surface area contributed by atoms with E-state index < -0.39 is 0 Å². The predicted octanol–water partition coefficient (Wildman–Crippen LogP) is 0.452. The van der Waals surface area contributed by atoms with E-state index in [1.165, 1.54) is 0 Å². The number of hydrogen-bond donors (Lipinski definition) is 1. The van der Waals surface area contributed by atoms with Crippen LogP contribution in [0.5, 0.6) is 0 Å². The lowest BCUT2D eigenvalue weighted by atomic mass is 10.2. The monoisotopic (exact) mass is 126 g/mol. The van der Waals surface area contributed by atoms with Gasteiger partial charge in [0.15, 0.2) is 0 Å². The highest BCUT2D eigenvalue weighted by Gasteiger charge is 2.00. The minimum atomic E-state index is 0.441. The molecule has 1 aromatic rings. The number of rotatable bonds is 2. The van der Waals surface area contributed by atoms with Gasteiger partial charge in [0.25, 0.3) is 0 Å².